The molecule has 18 heavy (non-hydrogen) atoms. The molecule has 94 valence electrons. The van der Waals surface area contributed by atoms with Crippen LogP contribution in [0.3, 0.4) is 0 Å². The molecule has 0 bridgehead atoms. The third kappa shape index (κ3) is 1.82. The van der Waals surface area contributed by atoms with Crippen molar-refractivity contribution in [2.75, 3.05) is 0 Å². The van der Waals surface area contributed by atoms with Crippen LogP contribution >= 0.6 is 11.6 Å². The summed E-state index contributed by atoms with van der Waals surface area (Å²) in [5.41, 5.74) is 2.38. The van der Waals surface area contributed by atoms with Crippen LogP contribution in [0.5, 0.6) is 0 Å². The molecule has 0 heterocycles. The van der Waals surface area contributed by atoms with Crippen LogP contribution < -0.4 is 0 Å². The predicted molar refractivity (Wildman–Crippen MR) is 74.8 cm³/mol. The van der Waals surface area contributed by atoms with Gasteiger partial charge >= 0.3 is 0 Å². The van der Waals surface area contributed by atoms with E-state index in [9.17, 15) is 5.11 Å². The van der Waals surface area contributed by atoms with Crippen molar-refractivity contribution in [3.8, 4) is 0 Å². The fourth-order valence-electron chi connectivity index (χ4n) is 3.26. The van der Waals surface area contributed by atoms with Crippen LogP contribution in [0.4, 0.5) is 0 Å². The molecule has 0 aliphatic heterocycles. The smallest absolute Gasteiger partial charge is 0.0799 e. The van der Waals surface area contributed by atoms with E-state index in [4.69, 9.17) is 11.6 Å². The maximum absolute atomic E-state index is 10.2. The first-order valence-electron chi connectivity index (χ1n) is 6.42. The van der Waals surface area contributed by atoms with Gasteiger partial charge in [-0.25, -0.2) is 0 Å². The van der Waals surface area contributed by atoms with Crippen molar-refractivity contribution in [3.63, 3.8) is 0 Å². The molecule has 1 N–H and O–H groups in total. The van der Waals surface area contributed by atoms with Gasteiger partial charge in [0.25, 0.3) is 0 Å². The van der Waals surface area contributed by atoms with Gasteiger partial charge in [-0.3, -0.25) is 0 Å². The third-order valence-electron chi connectivity index (χ3n) is 4.32. The van der Waals surface area contributed by atoms with Crippen molar-refractivity contribution >= 4 is 11.6 Å². The third-order valence-corrected chi connectivity index (χ3v) is 4.56. The van der Waals surface area contributed by atoms with Crippen LogP contribution in [0.2, 0.25) is 5.02 Å². The number of aliphatic hydroxyl groups excluding tert-OH is 1. The highest BCUT2D eigenvalue weighted by molar-refractivity contribution is 6.30. The highest BCUT2D eigenvalue weighted by atomic mass is 35.5. The molecule has 0 saturated carbocycles. The fraction of sp³-hybridized carbons (Fsp3) is 0.375. The van der Waals surface area contributed by atoms with Gasteiger partial charge in [-0.2, -0.15) is 0 Å². The Kier molecular flexibility index (Phi) is 2.84. The lowest BCUT2D eigenvalue weighted by Crippen LogP contribution is -2.22. The van der Waals surface area contributed by atoms with Crippen molar-refractivity contribution in [3.05, 3.63) is 58.7 Å². The molecule has 0 amide bonds. The first-order valence-corrected chi connectivity index (χ1v) is 6.80. The van der Waals surface area contributed by atoms with Crippen LogP contribution in [0.1, 0.15) is 42.9 Å². The molecule has 1 aromatic rings. The largest absolute Gasteiger partial charge is 0.388 e. The Hall–Kier alpha value is -1.05. The summed E-state index contributed by atoms with van der Waals surface area (Å²) in [6.45, 7) is 2.27. The molecule has 0 radical (unpaired) electrons. The molecule has 2 aliphatic carbocycles. The van der Waals surface area contributed by atoms with Crippen molar-refractivity contribution in [1.82, 2.24) is 0 Å². The average molecular weight is 261 g/mol. The lowest BCUT2D eigenvalue weighted by Gasteiger charge is -2.34. The van der Waals surface area contributed by atoms with E-state index in [-0.39, 0.29) is 11.5 Å². The van der Waals surface area contributed by atoms with E-state index >= 15 is 0 Å². The van der Waals surface area contributed by atoms with Gasteiger partial charge in [0.05, 0.1) is 6.10 Å². The summed E-state index contributed by atoms with van der Waals surface area (Å²) >= 11 is 6.02. The Bertz CT molecular complexity index is 532. The fourth-order valence-corrected chi connectivity index (χ4v) is 3.44. The van der Waals surface area contributed by atoms with E-state index in [2.05, 4.69) is 37.3 Å². The molecule has 1 nitrogen and oxygen atoms in total. The second kappa shape index (κ2) is 4.25. The summed E-state index contributed by atoms with van der Waals surface area (Å²) in [5.74, 6) is 0.376. The number of allylic oxidation sites excluding steroid dienone is 4. The molecule has 2 aliphatic rings. The van der Waals surface area contributed by atoms with Gasteiger partial charge in [-0.1, -0.05) is 48.9 Å². The van der Waals surface area contributed by atoms with Crippen molar-refractivity contribution in [1.29, 1.82) is 0 Å². The molecule has 0 spiro atoms. The summed E-state index contributed by atoms with van der Waals surface area (Å²) < 4.78 is 0. The van der Waals surface area contributed by atoms with Gasteiger partial charge in [0.1, 0.15) is 0 Å². The Morgan fingerprint density at radius 1 is 1.28 bits per heavy atom. The van der Waals surface area contributed by atoms with E-state index in [0.29, 0.717) is 10.9 Å². The van der Waals surface area contributed by atoms with E-state index in [1.807, 2.05) is 12.1 Å². The zero-order valence-electron chi connectivity index (χ0n) is 10.4. The zero-order valence-corrected chi connectivity index (χ0v) is 11.2. The van der Waals surface area contributed by atoms with Gasteiger partial charge in [0.2, 0.25) is 0 Å². The molecular formula is C16H17ClO. The number of aliphatic hydroxyl groups is 1. The molecule has 3 rings (SSSR count). The normalized spacial score (nSPS) is 33.7. The van der Waals surface area contributed by atoms with Crippen LogP contribution in [-0.4, -0.2) is 5.11 Å². The predicted octanol–water partition coefficient (Wildman–Crippen LogP) is 4.38. The van der Waals surface area contributed by atoms with Gasteiger partial charge in [0, 0.05) is 5.02 Å². The summed E-state index contributed by atoms with van der Waals surface area (Å²) in [6, 6.07) is 5.92. The topological polar surface area (TPSA) is 20.2 Å². The first kappa shape index (κ1) is 12.0. The Morgan fingerprint density at radius 3 is 2.83 bits per heavy atom. The number of benzene rings is 1. The Morgan fingerprint density at radius 2 is 2.11 bits per heavy atom. The monoisotopic (exact) mass is 260 g/mol. The minimum absolute atomic E-state index is 0.106. The van der Waals surface area contributed by atoms with Crippen LogP contribution in [0.15, 0.2) is 42.5 Å². The number of hydrogen-bond acceptors (Lipinski definition) is 1. The Balaban J connectivity index is 2.03. The molecule has 3 atom stereocenters. The number of fused-ring (bicyclic) bond motifs is 1. The molecule has 2 heteroatoms. The molecular weight excluding hydrogens is 244 g/mol. The van der Waals surface area contributed by atoms with Gasteiger partial charge < -0.3 is 5.11 Å². The minimum Gasteiger partial charge on any atom is -0.388 e. The number of halogens is 1. The number of hydrogen-bond donors (Lipinski definition) is 1. The van der Waals surface area contributed by atoms with E-state index < -0.39 is 0 Å². The quantitative estimate of drug-likeness (QED) is 0.794. The van der Waals surface area contributed by atoms with Gasteiger partial charge in [-0.15, -0.1) is 0 Å². The summed E-state index contributed by atoms with van der Waals surface area (Å²) in [5, 5.41) is 10.9. The first-order chi connectivity index (χ1) is 8.60. The van der Waals surface area contributed by atoms with Crippen molar-refractivity contribution in [2.45, 2.75) is 31.8 Å². The second-order valence-corrected chi connectivity index (χ2v) is 6.01. The van der Waals surface area contributed by atoms with E-state index in [1.54, 1.807) is 0 Å². The standard InChI is InChI=1S/C16H17ClO/c1-16(7-3-2-4-8-16)14-10-15(18)13-9-11(17)5-6-12(13)14/h2-7,9,14-15,18H,8,10H2,1H3/t14-,15+,16?/m1/s1. The molecule has 0 saturated heterocycles. The van der Waals surface area contributed by atoms with Crippen LogP contribution in [0.25, 0.3) is 0 Å². The summed E-state index contributed by atoms with van der Waals surface area (Å²) in [4.78, 5) is 0. The summed E-state index contributed by atoms with van der Waals surface area (Å²) in [6.07, 6.45) is 10.1. The lowest BCUT2D eigenvalue weighted by atomic mass is 9.70. The molecule has 0 fully saturated rings. The zero-order chi connectivity index (χ0) is 12.8. The maximum Gasteiger partial charge on any atom is 0.0799 e. The van der Waals surface area contributed by atoms with Crippen LogP contribution in [0, 0.1) is 5.41 Å². The maximum atomic E-state index is 10.2. The lowest BCUT2D eigenvalue weighted by molar-refractivity contribution is 0.156. The van der Waals surface area contributed by atoms with E-state index in [1.165, 1.54) is 5.56 Å². The second-order valence-electron chi connectivity index (χ2n) is 5.57. The molecule has 1 unspecified atom stereocenters. The van der Waals surface area contributed by atoms with Gasteiger partial charge in [0.15, 0.2) is 0 Å². The molecule has 0 aromatic heterocycles. The van der Waals surface area contributed by atoms with Gasteiger partial charge in [-0.05, 0) is 47.4 Å². The molecule has 1 aromatic carbocycles. The highest BCUT2D eigenvalue weighted by Gasteiger charge is 2.40. The Labute approximate surface area is 113 Å². The minimum atomic E-state index is -0.375. The number of rotatable bonds is 1. The van der Waals surface area contributed by atoms with Crippen LogP contribution in [-0.2, 0) is 0 Å². The highest BCUT2D eigenvalue weighted by Crippen LogP contribution is 2.52. The summed E-state index contributed by atoms with van der Waals surface area (Å²) in [7, 11) is 0. The SMILES string of the molecule is CC1([C@@H]2C[C@H](O)c3cc(Cl)ccc32)C=CC=CC1. The average Bonchev–Trinajstić information content (AvgIpc) is 2.68. The van der Waals surface area contributed by atoms with Crippen molar-refractivity contribution in [2.24, 2.45) is 5.41 Å². The van der Waals surface area contributed by atoms with Crippen molar-refractivity contribution < 1.29 is 5.11 Å². The van der Waals surface area contributed by atoms with E-state index in [0.717, 1.165) is 18.4 Å².